The van der Waals surface area contributed by atoms with Crippen molar-refractivity contribution in [2.75, 3.05) is 19.8 Å². The Balaban J connectivity index is 1.99. The fourth-order valence-corrected chi connectivity index (χ4v) is 2.19. The molecule has 0 bridgehead atoms. The first-order valence-corrected chi connectivity index (χ1v) is 6.45. The molecule has 0 aromatic heterocycles. The Morgan fingerprint density at radius 1 is 1.20 bits per heavy atom. The van der Waals surface area contributed by atoms with Crippen molar-refractivity contribution in [2.24, 2.45) is 5.41 Å². The standard InChI is InChI=1S/C13H27NO/c1-4-10-15-11-9-14-12-5-7-13(2,3)8-6-12/h12,14H,4-11H2,1-3H3. The highest BCUT2D eigenvalue weighted by Gasteiger charge is 2.26. The van der Waals surface area contributed by atoms with Gasteiger partial charge in [-0.3, -0.25) is 0 Å². The maximum absolute atomic E-state index is 5.45. The van der Waals surface area contributed by atoms with E-state index < -0.39 is 0 Å². The van der Waals surface area contributed by atoms with Crippen molar-refractivity contribution in [3.05, 3.63) is 0 Å². The summed E-state index contributed by atoms with van der Waals surface area (Å²) in [5.41, 5.74) is 0.580. The summed E-state index contributed by atoms with van der Waals surface area (Å²) >= 11 is 0. The average molecular weight is 213 g/mol. The van der Waals surface area contributed by atoms with Gasteiger partial charge in [-0.2, -0.15) is 0 Å². The Kier molecular flexibility index (Phi) is 5.62. The molecule has 15 heavy (non-hydrogen) atoms. The quantitative estimate of drug-likeness (QED) is 0.685. The summed E-state index contributed by atoms with van der Waals surface area (Å²) in [4.78, 5) is 0. The minimum Gasteiger partial charge on any atom is -0.380 e. The molecule has 0 atom stereocenters. The molecule has 90 valence electrons. The van der Waals surface area contributed by atoms with E-state index in [0.29, 0.717) is 5.41 Å². The fourth-order valence-electron chi connectivity index (χ4n) is 2.19. The lowest BCUT2D eigenvalue weighted by Gasteiger charge is -2.34. The van der Waals surface area contributed by atoms with E-state index in [-0.39, 0.29) is 0 Å². The molecular weight excluding hydrogens is 186 g/mol. The SMILES string of the molecule is CCCOCCNC1CCC(C)(C)CC1. The molecule has 0 radical (unpaired) electrons. The van der Waals surface area contributed by atoms with E-state index >= 15 is 0 Å². The smallest absolute Gasteiger partial charge is 0.0590 e. The van der Waals surface area contributed by atoms with Gasteiger partial charge in [0.1, 0.15) is 0 Å². The third kappa shape index (κ3) is 5.53. The van der Waals surface area contributed by atoms with Gasteiger partial charge in [-0.05, 0) is 37.5 Å². The minimum atomic E-state index is 0.580. The number of rotatable bonds is 6. The van der Waals surface area contributed by atoms with Crippen LogP contribution < -0.4 is 5.32 Å². The Morgan fingerprint density at radius 3 is 2.47 bits per heavy atom. The van der Waals surface area contributed by atoms with Crippen molar-refractivity contribution in [2.45, 2.75) is 58.9 Å². The molecule has 0 saturated heterocycles. The predicted octanol–water partition coefficient (Wildman–Crippen LogP) is 2.97. The van der Waals surface area contributed by atoms with Gasteiger partial charge in [0.05, 0.1) is 6.61 Å². The fraction of sp³-hybridized carbons (Fsp3) is 1.00. The van der Waals surface area contributed by atoms with Crippen LogP contribution in [0, 0.1) is 5.41 Å². The third-order valence-electron chi connectivity index (χ3n) is 3.37. The molecule has 1 aliphatic rings. The van der Waals surface area contributed by atoms with Crippen molar-refractivity contribution in [3.8, 4) is 0 Å². The highest BCUT2D eigenvalue weighted by molar-refractivity contribution is 4.81. The van der Waals surface area contributed by atoms with E-state index in [1.807, 2.05) is 0 Å². The Bertz CT molecular complexity index is 158. The van der Waals surface area contributed by atoms with Gasteiger partial charge in [0.25, 0.3) is 0 Å². The Hall–Kier alpha value is -0.0800. The molecule has 0 aliphatic heterocycles. The average Bonchev–Trinajstić information content (AvgIpc) is 2.20. The topological polar surface area (TPSA) is 21.3 Å². The van der Waals surface area contributed by atoms with Gasteiger partial charge in [-0.1, -0.05) is 20.8 Å². The van der Waals surface area contributed by atoms with Crippen molar-refractivity contribution < 1.29 is 4.74 Å². The molecule has 0 aromatic rings. The monoisotopic (exact) mass is 213 g/mol. The summed E-state index contributed by atoms with van der Waals surface area (Å²) in [6.07, 6.45) is 6.51. The van der Waals surface area contributed by atoms with E-state index in [2.05, 4.69) is 26.1 Å². The van der Waals surface area contributed by atoms with Crippen LogP contribution in [0.5, 0.6) is 0 Å². The van der Waals surface area contributed by atoms with Crippen LogP contribution in [0.25, 0.3) is 0 Å². The first-order valence-electron chi connectivity index (χ1n) is 6.45. The van der Waals surface area contributed by atoms with Crippen LogP contribution >= 0.6 is 0 Å². The van der Waals surface area contributed by atoms with Crippen LogP contribution in [-0.4, -0.2) is 25.8 Å². The molecule has 1 N–H and O–H groups in total. The van der Waals surface area contributed by atoms with Crippen LogP contribution in [0.4, 0.5) is 0 Å². The molecular formula is C13H27NO. The van der Waals surface area contributed by atoms with Gasteiger partial charge in [0, 0.05) is 19.2 Å². The molecule has 1 fully saturated rings. The maximum Gasteiger partial charge on any atom is 0.0590 e. The molecule has 2 nitrogen and oxygen atoms in total. The summed E-state index contributed by atoms with van der Waals surface area (Å²) in [5.74, 6) is 0. The first kappa shape index (κ1) is 13.0. The van der Waals surface area contributed by atoms with E-state index in [0.717, 1.165) is 32.2 Å². The molecule has 1 aliphatic carbocycles. The molecule has 0 unspecified atom stereocenters. The maximum atomic E-state index is 5.45. The summed E-state index contributed by atoms with van der Waals surface area (Å²) in [7, 11) is 0. The second-order valence-electron chi connectivity index (χ2n) is 5.50. The minimum absolute atomic E-state index is 0.580. The largest absolute Gasteiger partial charge is 0.380 e. The first-order chi connectivity index (χ1) is 7.14. The van der Waals surface area contributed by atoms with Gasteiger partial charge in [0.2, 0.25) is 0 Å². The third-order valence-corrected chi connectivity index (χ3v) is 3.37. The van der Waals surface area contributed by atoms with Gasteiger partial charge in [-0.25, -0.2) is 0 Å². The second kappa shape index (κ2) is 6.49. The van der Waals surface area contributed by atoms with Gasteiger partial charge in [0.15, 0.2) is 0 Å². The van der Waals surface area contributed by atoms with Crippen molar-refractivity contribution >= 4 is 0 Å². The normalized spacial score (nSPS) is 21.8. The molecule has 0 aromatic carbocycles. The van der Waals surface area contributed by atoms with Crippen LogP contribution in [0.2, 0.25) is 0 Å². The molecule has 2 heteroatoms. The van der Waals surface area contributed by atoms with Crippen molar-refractivity contribution in [1.82, 2.24) is 5.32 Å². The second-order valence-corrected chi connectivity index (χ2v) is 5.50. The molecule has 0 heterocycles. The van der Waals surface area contributed by atoms with E-state index in [1.165, 1.54) is 25.7 Å². The predicted molar refractivity (Wildman–Crippen MR) is 65.1 cm³/mol. The van der Waals surface area contributed by atoms with Crippen LogP contribution in [0.1, 0.15) is 52.9 Å². The zero-order valence-electron chi connectivity index (χ0n) is 10.6. The lowest BCUT2D eigenvalue weighted by Crippen LogP contribution is -2.37. The summed E-state index contributed by atoms with van der Waals surface area (Å²) in [6.45, 7) is 9.70. The van der Waals surface area contributed by atoms with Crippen molar-refractivity contribution in [3.63, 3.8) is 0 Å². The number of ether oxygens (including phenoxy) is 1. The van der Waals surface area contributed by atoms with Gasteiger partial charge < -0.3 is 10.1 Å². The van der Waals surface area contributed by atoms with E-state index in [1.54, 1.807) is 0 Å². The number of hydrogen-bond donors (Lipinski definition) is 1. The lowest BCUT2D eigenvalue weighted by molar-refractivity contribution is 0.128. The molecule has 0 spiro atoms. The van der Waals surface area contributed by atoms with Crippen LogP contribution in [0.15, 0.2) is 0 Å². The molecule has 1 saturated carbocycles. The van der Waals surface area contributed by atoms with Crippen molar-refractivity contribution in [1.29, 1.82) is 0 Å². The van der Waals surface area contributed by atoms with Crippen LogP contribution in [0.3, 0.4) is 0 Å². The molecule has 1 rings (SSSR count). The number of hydrogen-bond acceptors (Lipinski definition) is 2. The Labute approximate surface area is 94.8 Å². The molecule has 0 amide bonds. The zero-order chi connectivity index (χ0) is 11.1. The highest BCUT2D eigenvalue weighted by atomic mass is 16.5. The van der Waals surface area contributed by atoms with E-state index in [4.69, 9.17) is 4.74 Å². The summed E-state index contributed by atoms with van der Waals surface area (Å²) in [5, 5.41) is 3.59. The summed E-state index contributed by atoms with van der Waals surface area (Å²) < 4.78 is 5.45. The van der Waals surface area contributed by atoms with Gasteiger partial charge in [-0.15, -0.1) is 0 Å². The van der Waals surface area contributed by atoms with E-state index in [9.17, 15) is 0 Å². The summed E-state index contributed by atoms with van der Waals surface area (Å²) in [6, 6.07) is 0.739. The Morgan fingerprint density at radius 2 is 1.87 bits per heavy atom. The zero-order valence-corrected chi connectivity index (χ0v) is 10.6. The van der Waals surface area contributed by atoms with Crippen LogP contribution in [-0.2, 0) is 4.74 Å². The van der Waals surface area contributed by atoms with Gasteiger partial charge >= 0.3 is 0 Å². The lowest BCUT2D eigenvalue weighted by atomic mass is 9.75. The highest BCUT2D eigenvalue weighted by Crippen LogP contribution is 2.34. The number of nitrogens with one attached hydrogen (secondary N) is 1.